The van der Waals surface area contributed by atoms with Crippen molar-refractivity contribution in [3.8, 4) is 0 Å². The molecule has 1 heterocycles. The lowest BCUT2D eigenvalue weighted by Gasteiger charge is -2.29. The second-order valence-corrected chi connectivity index (χ2v) is 21.2. The lowest BCUT2D eigenvalue weighted by Crippen LogP contribution is -2.56. The lowest BCUT2D eigenvalue weighted by atomic mass is 10.1. The molecule has 5 rings (SSSR count). The van der Waals surface area contributed by atoms with E-state index in [0.717, 1.165) is 62.0 Å². The van der Waals surface area contributed by atoms with Crippen LogP contribution in [0.1, 0.15) is 97.8 Å². The summed E-state index contributed by atoms with van der Waals surface area (Å²) in [5.41, 5.74) is -3.29. The Morgan fingerprint density at radius 2 is 1.58 bits per heavy atom. The van der Waals surface area contributed by atoms with E-state index in [-0.39, 0.29) is 36.1 Å². The highest BCUT2D eigenvalue weighted by atomic mass is 32.2. The predicted molar refractivity (Wildman–Crippen MR) is 243 cm³/mol. The second kappa shape index (κ2) is 22.3. The number of nitro benzene ring substituents is 1. The predicted octanol–water partition coefficient (Wildman–Crippen LogP) is 4.78. The van der Waals surface area contributed by atoms with Crippen LogP contribution < -0.4 is 25.4 Å². The maximum absolute atomic E-state index is 14.1. The third kappa shape index (κ3) is 13.9. The fraction of sp³-hybridized carbons (Fsp3) is 0.568. The summed E-state index contributed by atoms with van der Waals surface area (Å²) < 4.78 is 74.7. The van der Waals surface area contributed by atoms with Gasteiger partial charge < -0.3 is 30.2 Å². The second-order valence-electron chi connectivity index (χ2n) is 17.9. The molecule has 2 aromatic carbocycles. The molecule has 0 aromatic heterocycles. The Labute approximate surface area is 390 Å². The number of sulfonamides is 2. The number of carbonyl (C=O) groups is 5. The van der Waals surface area contributed by atoms with Gasteiger partial charge in [0.15, 0.2) is 4.90 Å². The summed E-state index contributed by atoms with van der Waals surface area (Å²) in [7, 11) is -7.85. The Morgan fingerprint density at radius 3 is 2.22 bits per heavy atom. The molecule has 1 saturated heterocycles. The Kier molecular flexibility index (Phi) is 17.4. The minimum Gasteiger partial charge on any atom is -0.467 e. The number of anilines is 1. The van der Waals surface area contributed by atoms with Gasteiger partial charge in [-0.2, -0.15) is 0 Å². The quantitative estimate of drug-likeness (QED) is 0.0265. The van der Waals surface area contributed by atoms with Crippen molar-refractivity contribution in [2.45, 2.75) is 143 Å². The molecule has 0 spiro atoms. The smallest absolute Gasteiger partial charge is 0.411 e. The van der Waals surface area contributed by atoms with Crippen LogP contribution in [0.4, 0.5) is 21.0 Å². The number of hydrogen-bond donors (Lipinski definition) is 5. The molecule has 5 N–H and O–H groups in total. The van der Waals surface area contributed by atoms with E-state index < -0.39 is 101 Å². The van der Waals surface area contributed by atoms with Crippen LogP contribution in [0, 0.1) is 16.0 Å². The van der Waals surface area contributed by atoms with E-state index in [0.29, 0.717) is 25.8 Å². The Hall–Kier alpha value is -5.81. The summed E-state index contributed by atoms with van der Waals surface area (Å²) >= 11 is 0. The van der Waals surface area contributed by atoms with Gasteiger partial charge in [0.05, 0.1) is 17.7 Å². The molecule has 4 amide bonds. The van der Waals surface area contributed by atoms with Crippen molar-refractivity contribution in [2.75, 3.05) is 25.5 Å². The van der Waals surface area contributed by atoms with Gasteiger partial charge in [-0.1, -0.05) is 56.0 Å². The average Bonchev–Trinajstić information content (AvgIpc) is 3.51. The standard InChI is InChI=1S/C44H61N7O14S2/c1-6-29-27-44(29,47-38(52)35-26-30(28-50(35)42(56)65-43(2,3)4)48-67(61,62)37-24-16-14-22-34(37)51(57)58)40(54)49-66(59,60)36-23-15-13-20-32(36)45-25-17-9-7-8-10-21-33(39(53)63-5)46-41(55)64-31-18-11-12-19-31/h6,13-16,20,22-24,29-31,33,35,45,48H,1,7-12,17-19,21,25-28H2,2-5H3,(H,46,55)(H,47,52)(H,49,54)/t29-,30-,33+,35+,44-/m1/s1. The fourth-order valence-electron chi connectivity index (χ4n) is 8.21. The summed E-state index contributed by atoms with van der Waals surface area (Å²) in [5.74, 6) is -3.24. The SMILES string of the molecule is C=C[C@@H]1C[C@]1(NC(=O)[C@@H]1C[C@@H](NS(=O)(=O)c2ccccc2[N+](=O)[O-])CN1C(=O)OC(C)(C)C)C(=O)NS(=O)(=O)c1ccccc1NCCCCCCC[C@H](NC(=O)OC1CCCC1)C(=O)OC. The molecule has 368 valence electrons. The van der Waals surface area contributed by atoms with Gasteiger partial charge in [0.1, 0.15) is 34.2 Å². The van der Waals surface area contributed by atoms with Crippen molar-refractivity contribution in [3.63, 3.8) is 0 Å². The number of nitro groups is 1. The van der Waals surface area contributed by atoms with E-state index in [1.165, 1.54) is 37.5 Å². The van der Waals surface area contributed by atoms with Crippen molar-refractivity contribution in [1.82, 2.24) is 25.0 Å². The number of para-hydroxylation sites is 2. The Morgan fingerprint density at radius 1 is 0.940 bits per heavy atom. The van der Waals surface area contributed by atoms with Crippen LogP contribution in [-0.2, 0) is 48.6 Å². The first kappa shape index (κ1) is 52.2. The van der Waals surface area contributed by atoms with Crippen LogP contribution in [0.25, 0.3) is 0 Å². The number of nitrogens with one attached hydrogen (secondary N) is 5. The zero-order valence-corrected chi connectivity index (χ0v) is 39.7. The van der Waals surface area contributed by atoms with Gasteiger partial charge >= 0.3 is 18.2 Å². The first-order valence-corrected chi connectivity index (χ1v) is 25.2. The molecule has 21 nitrogen and oxygen atoms in total. The highest BCUT2D eigenvalue weighted by Crippen LogP contribution is 2.45. The van der Waals surface area contributed by atoms with Gasteiger partial charge in [0.2, 0.25) is 15.9 Å². The molecular weight excluding hydrogens is 915 g/mol. The molecule has 1 aliphatic heterocycles. The average molecular weight is 976 g/mol. The van der Waals surface area contributed by atoms with E-state index >= 15 is 0 Å². The molecule has 2 saturated carbocycles. The molecule has 2 aromatic rings. The number of carbonyl (C=O) groups excluding carboxylic acids is 5. The zero-order valence-electron chi connectivity index (χ0n) is 38.1. The molecule has 3 aliphatic rings. The number of methoxy groups -OCH3 is 1. The molecule has 2 aliphatic carbocycles. The van der Waals surface area contributed by atoms with E-state index in [4.69, 9.17) is 14.2 Å². The molecule has 0 bridgehead atoms. The van der Waals surface area contributed by atoms with Crippen LogP contribution in [0.5, 0.6) is 0 Å². The molecular formula is C44H61N7O14S2. The van der Waals surface area contributed by atoms with Crippen molar-refractivity contribution in [2.24, 2.45) is 5.92 Å². The molecule has 0 unspecified atom stereocenters. The number of unbranched alkanes of at least 4 members (excludes halogenated alkanes) is 4. The molecule has 5 atom stereocenters. The van der Waals surface area contributed by atoms with Gasteiger partial charge in [-0.3, -0.25) is 24.6 Å². The van der Waals surface area contributed by atoms with E-state index in [1.54, 1.807) is 32.9 Å². The summed E-state index contributed by atoms with van der Waals surface area (Å²) in [4.78, 5) is 77.0. The summed E-state index contributed by atoms with van der Waals surface area (Å²) in [6, 6.07) is 7.28. The topological polar surface area (TPSA) is 288 Å². The summed E-state index contributed by atoms with van der Waals surface area (Å²) in [6.45, 7) is 8.49. The highest BCUT2D eigenvalue weighted by molar-refractivity contribution is 7.90. The third-order valence-electron chi connectivity index (χ3n) is 11.7. The third-order valence-corrected chi connectivity index (χ3v) is 14.7. The minimum atomic E-state index is -4.55. The van der Waals surface area contributed by atoms with Gasteiger partial charge in [-0.05, 0) is 90.3 Å². The number of nitrogens with zero attached hydrogens (tertiary/aromatic N) is 2. The molecule has 0 radical (unpaired) electrons. The van der Waals surface area contributed by atoms with Crippen LogP contribution in [0.3, 0.4) is 0 Å². The van der Waals surface area contributed by atoms with Crippen molar-refractivity contribution in [3.05, 3.63) is 71.3 Å². The number of hydrogen-bond acceptors (Lipinski definition) is 15. The number of alkyl carbamates (subject to hydrolysis) is 1. The van der Waals surface area contributed by atoms with E-state index in [2.05, 4.69) is 32.0 Å². The van der Waals surface area contributed by atoms with Crippen LogP contribution in [-0.4, -0.2) is 112 Å². The molecule has 67 heavy (non-hydrogen) atoms. The number of amides is 4. The monoisotopic (exact) mass is 975 g/mol. The normalized spacial score (nSPS) is 21.1. The molecule has 3 fully saturated rings. The number of ether oxygens (including phenoxy) is 3. The number of rotatable bonds is 22. The number of benzene rings is 2. The molecule has 23 heteroatoms. The van der Waals surface area contributed by atoms with Gasteiger partial charge in [-0.25, -0.2) is 40.7 Å². The van der Waals surface area contributed by atoms with Crippen molar-refractivity contribution < 1.29 is 59.9 Å². The lowest BCUT2D eigenvalue weighted by molar-refractivity contribution is -0.387. The fourth-order valence-corrected chi connectivity index (χ4v) is 10.9. The Balaban J connectivity index is 1.18. The highest BCUT2D eigenvalue weighted by Gasteiger charge is 2.61. The van der Waals surface area contributed by atoms with Gasteiger partial charge in [0.25, 0.3) is 21.6 Å². The van der Waals surface area contributed by atoms with Crippen LogP contribution in [0.15, 0.2) is 71.0 Å². The van der Waals surface area contributed by atoms with Crippen molar-refractivity contribution >= 4 is 61.4 Å². The summed E-state index contributed by atoms with van der Waals surface area (Å²) in [6.07, 6.45) is 6.86. The zero-order chi connectivity index (χ0) is 49.2. The first-order valence-electron chi connectivity index (χ1n) is 22.3. The minimum absolute atomic E-state index is 0.0385. The van der Waals surface area contributed by atoms with Crippen LogP contribution in [0.2, 0.25) is 0 Å². The maximum atomic E-state index is 14.1. The van der Waals surface area contributed by atoms with E-state index in [9.17, 15) is 50.9 Å². The van der Waals surface area contributed by atoms with Crippen molar-refractivity contribution in [1.29, 1.82) is 0 Å². The summed E-state index contributed by atoms with van der Waals surface area (Å²) in [5, 5.41) is 20.0. The number of likely N-dealkylation sites (tertiary alicyclic amines) is 1. The largest absolute Gasteiger partial charge is 0.467 e. The maximum Gasteiger partial charge on any atom is 0.411 e. The van der Waals surface area contributed by atoms with Gasteiger partial charge in [0, 0.05) is 31.1 Å². The number of esters is 1. The Bertz CT molecular complexity index is 2390. The first-order chi connectivity index (χ1) is 31.6. The van der Waals surface area contributed by atoms with Gasteiger partial charge in [-0.15, -0.1) is 6.58 Å². The van der Waals surface area contributed by atoms with Crippen LogP contribution >= 0.6 is 0 Å². The van der Waals surface area contributed by atoms with E-state index in [1.807, 2.05) is 0 Å².